The minimum absolute atomic E-state index is 0.00953. The Kier molecular flexibility index (Phi) is 5.23. The summed E-state index contributed by atoms with van der Waals surface area (Å²) in [4.78, 5) is 29.6. The number of aromatic nitrogens is 2. The van der Waals surface area contributed by atoms with Crippen LogP contribution in [0.4, 0.5) is 0 Å². The van der Waals surface area contributed by atoms with E-state index in [1.165, 1.54) is 18.9 Å². The number of unbranched alkanes of at least 4 members (excludes halogenated alkanes) is 1. The number of para-hydroxylation sites is 1. The van der Waals surface area contributed by atoms with Crippen LogP contribution in [0.25, 0.3) is 10.9 Å². The lowest BCUT2D eigenvalue weighted by atomic mass is 10.2. The van der Waals surface area contributed by atoms with Gasteiger partial charge in [0.2, 0.25) is 0 Å². The van der Waals surface area contributed by atoms with Gasteiger partial charge in [-0.1, -0.05) is 43.7 Å². The Labute approximate surface area is 145 Å². The van der Waals surface area contributed by atoms with Gasteiger partial charge in [-0.3, -0.25) is 14.2 Å². The molecule has 0 bridgehead atoms. The molecule has 0 aliphatic heterocycles. The highest BCUT2D eigenvalue weighted by molar-refractivity contribution is 8.00. The van der Waals surface area contributed by atoms with Gasteiger partial charge in [0, 0.05) is 6.04 Å². The molecule has 0 saturated heterocycles. The summed E-state index contributed by atoms with van der Waals surface area (Å²) in [5, 5.41) is 0.942. The summed E-state index contributed by atoms with van der Waals surface area (Å²) >= 11 is 1.36. The second-order valence-corrected chi connectivity index (χ2v) is 7.26. The van der Waals surface area contributed by atoms with Crippen LogP contribution in [-0.2, 0) is 9.53 Å². The molecule has 1 saturated carbocycles. The molecule has 1 aliphatic rings. The van der Waals surface area contributed by atoms with E-state index in [2.05, 4.69) is 11.9 Å². The van der Waals surface area contributed by atoms with Gasteiger partial charge in [0.05, 0.1) is 18.0 Å². The van der Waals surface area contributed by atoms with Crippen molar-refractivity contribution >= 4 is 28.6 Å². The Hall–Kier alpha value is -1.82. The second-order valence-electron chi connectivity index (χ2n) is 6.09. The van der Waals surface area contributed by atoms with Gasteiger partial charge < -0.3 is 4.74 Å². The minimum atomic E-state index is -0.326. The van der Waals surface area contributed by atoms with Crippen molar-refractivity contribution in [3.05, 3.63) is 34.6 Å². The molecule has 1 unspecified atom stereocenters. The van der Waals surface area contributed by atoms with E-state index in [9.17, 15) is 9.59 Å². The maximum Gasteiger partial charge on any atom is 0.319 e. The minimum Gasteiger partial charge on any atom is -0.468 e. The number of hydrogen-bond acceptors (Lipinski definition) is 5. The Morgan fingerprint density at radius 3 is 2.83 bits per heavy atom. The van der Waals surface area contributed by atoms with Gasteiger partial charge in [0.1, 0.15) is 5.25 Å². The van der Waals surface area contributed by atoms with E-state index < -0.39 is 0 Å². The maximum absolute atomic E-state index is 12.9. The number of fused-ring (bicyclic) bond motifs is 1. The molecule has 0 N–H and O–H groups in total. The number of benzene rings is 1. The van der Waals surface area contributed by atoms with Crippen LogP contribution in [0.1, 0.15) is 45.1 Å². The van der Waals surface area contributed by atoms with E-state index in [0.717, 1.165) is 32.1 Å². The van der Waals surface area contributed by atoms with Gasteiger partial charge in [-0.05, 0) is 31.4 Å². The first-order valence-corrected chi connectivity index (χ1v) is 9.29. The van der Waals surface area contributed by atoms with Crippen LogP contribution in [-0.4, -0.2) is 27.9 Å². The number of thioether (sulfide) groups is 1. The summed E-state index contributed by atoms with van der Waals surface area (Å²) in [5.74, 6) is -0.252. The average Bonchev–Trinajstić information content (AvgIpc) is 3.42. The van der Waals surface area contributed by atoms with Crippen molar-refractivity contribution in [2.45, 2.75) is 55.5 Å². The fourth-order valence-corrected chi connectivity index (χ4v) is 3.96. The lowest BCUT2D eigenvalue weighted by molar-refractivity contribution is -0.140. The van der Waals surface area contributed by atoms with E-state index in [1.54, 1.807) is 4.57 Å². The molecule has 1 atom stereocenters. The number of carbonyl (C=O) groups excluding carboxylic acids is 1. The highest BCUT2D eigenvalue weighted by atomic mass is 32.2. The molecule has 1 aliphatic carbocycles. The molecule has 0 amide bonds. The second kappa shape index (κ2) is 7.38. The predicted molar refractivity (Wildman–Crippen MR) is 95.5 cm³/mol. The normalized spacial score (nSPS) is 15.4. The molecule has 2 aromatic rings. The quantitative estimate of drug-likeness (QED) is 0.436. The van der Waals surface area contributed by atoms with Crippen molar-refractivity contribution in [3.63, 3.8) is 0 Å². The van der Waals surface area contributed by atoms with Crippen molar-refractivity contribution in [2.75, 3.05) is 7.11 Å². The highest BCUT2D eigenvalue weighted by Crippen LogP contribution is 2.38. The zero-order chi connectivity index (χ0) is 17.1. The molecule has 1 aromatic carbocycles. The van der Waals surface area contributed by atoms with E-state index >= 15 is 0 Å². The fraction of sp³-hybridized carbons (Fsp3) is 0.500. The number of rotatable bonds is 7. The van der Waals surface area contributed by atoms with E-state index in [1.807, 2.05) is 24.3 Å². The third-order valence-electron chi connectivity index (χ3n) is 4.22. The van der Waals surface area contributed by atoms with Crippen molar-refractivity contribution in [2.24, 2.45) is 0 Å². The van der Waals surface area contributed by atoms with Crippen LogP contribution in [0.3, 0.4) is 0 Å². The lowest BCUT2D eigenvalue weighted by Gasteiger charge is -2.17. The fourth-order valence-electron chi connectivity index (χ4n) is 2.74. The van der Waals surface area contributed by atoms with Gasteiger partial charge in [-0.2, -0.15) is 0 Å². The number of nitrogens with zero attached hydrogens (tertiary/aromatic N) is 2. The molecule has 0 spiro atoms. The standard InChI is InChI=1S/C18H22N2O3S/c1-3-4-9-15(17(22)23-2)24-18-19-14-8-6-5-7-13(14)16(21)20(18)12-10-11-12/h5-8,12,15H,3-4,9-11H2,1-2H3. The highest BCUT2D eigenvalue weighted by Gasteiger charge is 2.31. The zero-order valence-corrected chi connectivity index (χ0v) is 14.8. The molecular formula is C18H22N2O3S. The van der Waals surface area contributed by atoms with Crippen LogP contribution < -0.4 is 5.56 Å². The van der Waals surface area contributed by atoms with Gasteiger partial charge in [-0.15, -0.1) is 0 Å². The summed E-state index contributed by atoms with van der Waals surface area (Å²) in [7, 11) is 1.41. The summed E-state index contributed by atoms with van der Waals surface area (Å²) < 4.78 is 6.71. The van der Waals surface area contributed by atoms with E-state index in [4.69, 9.17) is 4.74 Å². The third kappa shape index (κ3) is 3.48. The smallest absolute Gasteiger partial charge is 0.319 e. The molecule has 0 radical (unpaired) electrons. The van der Waals surface area contributed by atoms with Crippen molar-refractivity contribution in [1.82, 2.24) is 9.55 Å². The first-order chi connectivity index (χ1) is 11.7. The van der Waals surface area contributed by atoms with Crippen LogP contribution in [0.15, 0.2) is 34.2 Å². The topological polar surface area (TPSA) is 61.2 Å². The SMILES string of the molecule is CCCCC(Sc1nc2ccccc2c(=O)n1C1CC1)C(=O)OC. The van der Waals surface area contributed by atoms with Crippen LogP contribution in [0, 0.1) is 0 Å². The van der Waals surface area contributed by atoms with Gasteiger partial charge in [0.25, 0.3) is 5.56 Å². The maximum atomic E-state index is 12.9. The Morgan fingerprint density at radius 1 is 1.42 bits per heavy atom. The largest absolute Gasteiger partial charge is 0.468 e. The Balaban J connectivity index is 2.02. The molecule has 1 heterocycles. The Bertz CT molecular complexity index is 798. The molecule has 1 aromatic heterocycles. The van der Waals surface area contributed by atoms with Crippen molar-refractivity contribution in [1.29, 1.82) is 0 Å². The summed E-state index contributed by atoms with van der Waals surface area (Å²) in [5.41, 5.74) is 0.672. The van der Waals surface area contributed by atoms with Crippen molar-refractivity contribution < 1.29 is 9.53 Å². The van der Waals surface area contributed by atoms with Gasteiger partial charge in [-0.25, -0.2) is 4.98 Å². The number of carbonyl (C=O) groups is 1. The van der Waals surface area contributed by atoms with Gasteiger partial charge in [0.15, 0.2) is 5.16 Å². The van der Waals surface area contributed by atoms with Crippen molar-refractivity contribution in [3.8, 4) is 0 Å². The molecule has 3 rings (SSSR count). The Morgan fingerprint density at radius 2 is 2.17 bits per heavy atom. The predicted octanol–water partition coefficient (Wildman–Crippen LogP) is 3.56. The molecule has 1 fully saturated rings. The molecular weight excluding hydrogens is 324 g/mol. The van der Waals surface area contributed by atoms with Crippen LogP contribution in [0.5, 0.6) is 0 Å². The molecule has 128 valence electrons. The first kappa shape index (κ1) is 17.0. The summed E-state index contributed by atoms with van der Waals surface area (Å²) in [6.07, 6.45) is 4.65. The number of methoxy groups -OCH3 is 1. The van der Waals surface area contributed by atoms with Crippen LogP contribution in [0.2, 0.25) is 0 Å². The average molecular weight is 346 g/mol. The zero-order valence-electron chi connectivity index (χ0n) is 14.0. The monoisotopic (exact) mass is 346 g/mol. The number of hydrogen-bond donors (Lipinski definition) is 0. The molecule has 5 nitrogen and oxygen atoms in total. The first-order valence-electron chi connectivity index (χ1n) is 8.41. The third-order valence-corrected chi connectivity index (χ3v) is 5.43. The van der Waals surface area contributed by atoms with E-state index in [0.29, 0.717) is 16.1 Å². The summed E-state index contributed by atoms with van der Waals surface area (Å²) in [6, 6.07) is 7.60. The lowest BCUT2D eigenvalue weighted by Crippen LogP contribution is -2.25. The molecule has 24 heavy (non-hydrogen) atoms. The molecule has 6 heteroatoms. The number of esters is 1. The van der Waals surface area contributed by atoms with Crippen LogP contribution >= 0.6 is 11.8 Å². The number of ether oxygens (including phenoxy) is 1. The van der Waals surface area contributed by atoms with Gasteiger partial charge >= 0.3 is 5.97 Å². The summed E-state index contributed by atoms with van der Waals surface area (Å²) in [6.45, 7) is 2.09. The van der Waals surface area contributed by atoms with E-state index in [-0.39, 0.29) is 22.8 Å².